The molecule has 1 amide bonds. The molecule has 0 radical (unpaired) electrons. The molecule has 154 valence electrons. The van der Waals surface area contributed by atoms with E-state index >= 15 is 0 Å². The number of nitrogens with zero attached hydrogens (tertiary/aromatic N) is 1. The molecule has 7 nitrogen and oxygen atoms in total. The van der Waals surface area contributed by atoms with Crippen LogP contribution in [0, 0.1) is 6.92 Å². The Morgan fingerprint density at radius 1 is 1.38 bits per heavy atom. The molecular formula is C22H26N2O5. The van der Waals surface area contributed by atoms with E-state index in [1.807, 2.05) is 18.2 Å². The van der Waals surface area contributed by atoms with Crippen LogP contribution in [0.15, 0.2) is 24.4 Å². The third-order valence-electron chi connectivity index (χ3n) is 5.66. The maximum Gasteiger partial charge on any atom is 0.255 e. The van der Waals surface area contributed by atoms with Crippen LogP contribution in [0.5, 0.6) is 11.6 Å². The molecule has 0 saturated carbocycles. The summed E-state index contributed by atoms with van der Waals surface area (Å²) in [5.41, 5.74) is 4.87. The zero-order valence-electron chi connectivity index (χ0n) is 16.7. The number of hydrogen-bond acceptors (Lipinski definition) is 6. The van der Waals surface area contributed by atoms with Gasteiger partial charge in [0.15, 0.2) is 0 Å². The van der Waals surface area contributed by atoms with Crippen LogP contribution in [0.25, 0.3) is 0 Å². The van der Waals surface area contributed by atoms with Gasteiger partial charge in [-0.3, -0.25) is 4.79 Å². The Bertz CT molecular complexity index is 897. The molecule has 1 saturated heterocycles. The summed E-state index contributed by atoms with van der Waals surface area (Å²) in [6, 6.07) is 5.41. The third kappa shape index (κ3) is 4.06. The average Bonchev–Trinajstić information content (AvgIpc) is 3.22. The van der Waals surface area contributed by atoms with Gasteiger partial charge in [0.25, 0.3) is 5.91 Å². The van der Waals surface area contributed by atoms with E-state index in [-0.39, 0.29) is 18.6 Å². The molecule has 29 heavy (non-hydrogen) atoms. The Labute approximate surface area is 170 Å². The van der Waals surface area contributed by atoms with Crippen LogP contribution in [-0.4, -0.2) is 55.1 Å². The van der Waals surface area contributed by atoms with Crippen LogP contribution >= 0.6 is 0 Å². The van der Waals surface area contributed by atoms with Crippen molar-refractivity contribution in [1.29, 1.82) is 0 Å². The Balaban J connectivity index is 1.62. The fraction of sp³-hybridized carbons (Fsp3) is 0.455. The number of ether oxygens (including phenoxy) is 3. The minimum atomic E-state index is -0.697. The van der Waals surface area contributed by atoms with Gasteiger partial charge < -0.3 is 24.6 Å². The molecule has 2 aliphatic rings. The number of rotatable bonds is 5. The maximum atomic E-state index is 13.0. The summed E-state index contributed by atoms with van der Waals surface area (Å²) in [5.74, 6) is 1.02. The highest BCUT2D eigenvalue weighted by atomic mass is 16.5. The Morgan fingerprint density at radius 3 is 2.97 bits per heavy atom. The van der Waals surface area contributed by atoms with E-state index in [1.54, 1.807) is 13.3 Å². The minimum absolute atomic E-state index is 0.219. The Kier molecular flexibility index (Phi) is 5.69. The van der Waals surface area contributed by atoms with Crippen molar-refractivity contribution in [3.8, 4) is 11.6 Å². The van der Waals surface area contributed by atoms with Crippen molar-refractivity contribution in [3.05, 3.63) is 52.2 Å². The van der Waals surface area contributed by atoms with Crippen molar-refractivity contribution in [2.75, 3.05) is 26.9 Å². The monoisotopic (exact) mass is 398 g/mol. The molecule has 3 heterocycles. The molecule has 4 rings (SSSR count). The maximum absolute atomic E-state index is 13.0. The first kappa shape index (κ1) is 19.7. The van der Waals surface area contributed by atoms with E-state index < -0.39 is 6.10 Å². The number of aliphatic hydroxyl groups excluding tert-OH is 1. The second kappa shape index (κ2) is 8.39. The third-order valence-corrected chi connectivity index (χ3v) is 5.66. The molecule has 0 spiro atoms. The van der Waals surface area contributed by atoms with E-state index in [1.165, 1.54) is 0 Å². The lowest BCUT2D eigenvalue weighted by molar-refractivity contribution is -0.0261. The Hall–Kier alpha value is -2.64. The molecular weight excluding hydrogens is 372 g/mol. The second-order valence-corrected chi connectivity index (χ2v) is 7.51. The van der Waals surface area contributed by atoms with Gasteiger partial charge in [0.05, 0.1) is 38.0 Å². The average molecular weight is 398 g/mol. The SMILES string of the molecule is COc1ccc(Cc2cc(C(=O)N[C@H]3CCOC[C@@H]3O)c3c(c2C)CCO3)cn1. The standard InChI is InChI=1S/C22H26N2O5/c1-13-15(9-14-3-4-20(27-2)23-11-14)10-17(21-16(13)5-8-29-21)22(26)24-18-6-7-28-12-19(18)25/h3-4,10-11,18-19,25H,5-9,12H2,1-2H3,(H,24,26)/t18-,19-/m0/s1. The van der Waals surface area contributed by atoms with Crippen molar-refractivity contribution in [1.82, 2.24) is 10.3 Å². The van der Waals surface area contributed by atoms with Gasteiger partial charge in [0, 0.05) is 30.9 Å². The Morgan fingerprint density at radius 2 is 2.24 bits per heavy atom. The smallest absolute Gasteiger partial charge is 0.255 e. The highest BCUT2D eigenvalue weighted by Crippen LogP contribution is 2.35. The first-order valence-electron chi connectivity index (χ1n) is 9.90. The summed E-state index contributed by atoms with van der Waals surface area (Å²) in [5, 5.41) is 13.1. The molecule has 0 aliphatic carbocycles. The molecule has 2 aliphatic heterocycles. The number of aliphatic hydroxyl groups is 1. The van der Waals surface area contributed by atoms with E-state index in [0.29, 0.717) is 43.2 Å². The number of aromatic nitrogens is 1. The number of nitrogens with one attached hydrogen (secondary N) is 1. The number of carbonyl (C=O) groups excluding carboxylic acids is 1. The lowest BCUT2D eigenvalue weighted by Crippen LogP contribution is -2.48. The molecule has 2 aromatic rings. The fourth-order valence-corrected chi connectivity index (χ4v) is 3.94. The van der Waals surface area contributed by atoms with Gasteiger partial charge in [0.1, 0.15) is 5.75 Å². The number of pyridine rings is 1. The summed E-state index contributed by atoms with van der Waals surface area (Å²) in [7, 11) is 1.59. The number of benzene rings is 1. The van der Waals surface area contributed by atoms with Crippen molar-refractivity contribution >= 4 is 5.91 Å². The molecule has 1 aromatic heterocycles. The van der Waals surface area contributed by atoms with Crippen LogP contribution in [0.2, 0.25) is 0 Å². The number of hydrogen-bond donors (Lipinski definition) is 2. The quantitative estimate of drug-likeness (QED) is 0.798. The number of fused-ring (bicyclic) bond motifs is 1. The fourth-order valence-electron chi connectivity index (χ4n) is 3.94. The summed E-state index contributed by atoms with van der Waals surface area (Å²) in [4.78, 5) is 17.3. The van der Waals surface area contributed by atoms with Crippen LogP contribution < -0.4 is 14.8 Å². The van der Waals surface area contributed by atoms with Crippen LogP contribution in [0.4, 0.5) is 0 Å². The highest BCUT2D eigenvalue weighted by Gasteiger charge is 2.29. The van der Waals surface area contributed by atoms with Crippen molar-refractivity contribution in [2.45, 2.75) is 38.3 Å². The van der Waals surface area contributed by atoms with Crippen LogP contribution in [-0.2, 0) is 17.6 Å². The van der Waals surface area contributed by atoms with Gasteiger partial charge in [-0.2, -0.15) is 0 Å². The lowest BCUT2D eigenvalue weighted by Gasteiger charge is -2.28. The van der Waals surface area contributed by atoms with Crippen molar-refractivity contribution in [3.63, 3.8) is 0 Å². The molecule has 0 bridgehead atoms. The van der Waals surface area contributed by atoms with E-state index in [4.69, 9.17) is 14.2 Å². The van der Waals surface area contributed by atoms with Crippen LogP contribution in [0.3, 0.4) is 0 Å². The predicted molar refractivity (Wildman–Crippen MR) is 107 cm³/mol. The molecule has 7 heteroatoms. The molecule has 1 fully saturated rings. The summed E-state index contributed by atoms with van der Waals surface area (Å²) in [6.07, 6.45) is 3.13. The van der Waals surface area contributed by atoms with Crippen molar-refractivity contribution < 1.29 is 24.1 Å². The first-order chi connectivity index (χ1) is 14.1. The van der Waals surface area contributed by atoms with E-state index in [9.17, 15) is 9.90 Å². The minimum Gasteiger partial charge on any atom is -0.492 e. The summed E-state index contributed by atoms with van der Waals surface area (Å²) >= 11 is 0. The molecule has 2 atom stereocenters. The molecule has 1 aromatic carbocycles. The van der Waals surface area contributed by atoms with Gasteiger partial charge in [-0.1, -0.05) is 6.07 Å². The summed E-state index contributed by atoms with van der Waals surface area (Å²) < 4.78 is 16.2. The topological polar surface area (TPSA) is 89.9 Å². The predicted octanol–water partition coefficient (Wildman–Crippen LogP) is 1.80. The number of methoxy groups -OCH3 is 1. The number of amides is 1. The van der Waals surface area contributed by atoms with E-state index in [2.05, 4.69) is 17.2 Å². The zero-order chi connectivity index (χ0) is 20.4. The van der Waals surface area contributed by atoms with Gasteiger partial charge in [-0.15, -0.1) is 0 Å². The molecule has 2 N–H and O–H groups in total. The van der Waals surface area contributed by atoms with Gasteiger partial charge in [0.2, 0.25) is 5.88 Å². The largest absolute Gasteiger partial charge is 0.492 e. The molecule has 0 unspecified atom stereocenters. The zero-order valence-corrected chi connectivity index (χ0v) is 16.7. The second-order valence-electron chi connectivity index (χ2n) is 7.51. The normalized spacial score (nSPS) is 20.7. The first-order valence-corrected chi connectivity index (χ1v) is 9.90. The number of carbonyl (C=O) groups is 1. The van der Waals surface area contributed by atoms with Gasteiger partial charge in [-0.25, -0.2) is 4.98 Å². The highest BCUT2D eigenvalue weighted by molar-refractivity contribution is 5.98. The van der Waals surface area contributed by atoms with Crippen molar-refractivity contribution in [2.24, 2.45) is 0 Å². The van der Waals surface area contributed by atoms with Crippen LogP contribution in [0.1, 0.15) is 39.0 Å². The summed E-state index contributed by atoms with van der Waals surface area (Å²) in [6.45, 7) is 3.41. The lowest BCUT2D eigenvalue weighted by atomic mass is 9.92. The van der Waals surface area contributed by atoms with Gasteiger partial charge in [-0.05, 0) is 42.5 Å². The van der Waals surface area contributed by atoms with Gasteiger partial charge >= 0.3 is 0 Å². The van der Waals surface area contributed by atoms with E-state index in [0.717, 1.165) is 28.7 Å².